The smallest absolute Gasteiger partial charge is 0.273 e. The predicted molar refractivity (Wildman–Crippen MR) is 36.3 cm³/mol. The highest BCUT2D eigenvalue weighted by atomic mass is 16.5. The Hall–Kier alpha value is -1.78. The molecule has 0 aromatic carbocycles. The molecule has 0 atom stereocenters. The van der Waals surface area contributed by atoms with E-state index in [-0.39, 0.29) is 0 Å². The second-order valence-corrected chi connectivity index (χ2v) is 2.01. The van der Waals surface area contributed by atoms with Crippen LogP contribution in [0.1, 0.15) is 0 Å². The van der Waals surface area contributed by atoms with Crippen LogP contribution in [0, 0.1) is 5.21 Å². The average Bonchev–Trinajstić information content (AvgIpc) is 2.06. The Bertz CT molecular complexity index is 384. The molecule has 0 aliphatic carbocycles. The van der Waals surface area contributed by atoms with Gasteiger partial charge in [-0.1, -0.05) is 0 Å². The summed E-state index contributed by atoms with van der Waals surface area (Å²) in [5, 5.41) is 21.8. The highest BCUT2D eigenvalue weighted by Gasteiger charge is 2.02. The summed E-state index contributed by atoms with van der Waals surface area (Å²) in [7, 11) is 0. The first-order chi connectivity index (χ1) is 5.38. The Kier molecular flexibility index (Phi) is 1.15. The number of fused-ring (bicyclic) bond motifs is 1. The van der Waals surface area contributed by atoms with Crippen molar-refractivity contribution in [2.45, 2.75) is 0 Å². The Labute approximate surface area is 61.9 Å². The van der Waals surface area contributed by atoms with Gasteiger partial charge in [0.15, 0.2) is 5.52 Å². The molecule has 54 valence electrons. The number of hydrogen-bond acceptors (Lipinski definition) is 4. The highest BCUT2D eigenvalue weighted by Crippen LogP contribution is 1.99. The Morgan fingerprint density at radius 3 is 3.00 bits per heavy atom. The highest BCUT2D eigenvalue weighted by molar-refractivity contribution is 5.68. The van der Waals surface area contributed by atoms with Crippen molar-refractivity contribution in [1.29, 1.82) is 0 Å². The van der Waals surface area contributed by atoms with Crippen molar-refractivity contribution in [1.82, 2.24) is 15.3 Å². The van der Waals surface area contributed by atoms with E-state index >= 15 is 0 Å². The Morgan fingerprint density at radius 1 is 1.27 bits per heavy atom. The van der Waals surface area contributed by atoms with Crippen molar-refractivity contribution in [3.05, 3.63) is 29.7 Å². The number of nitrogens with zero attached hydrogens (tertiary/aromatic N) is 4. The molecular weight excluding hydrogens is 144 g/mol. The van der Waals surface area contributed by atoms with Gasteiger partial charge in [0.25, 0.3) is 5.52 Å². The van der Waals surface area contributed by atoms with Gasteiger partial charge in [-0.3, -0.25) is 0 Å². The maximum Gasteiger partial charge on any atom is 0.273 e. The van der Waals surface area contributed by atoms with Gasteiger partial charge < -0.3 is 5.21 Å². The predicted octanol–water partition coefficient (Wildman–Crippen LogP) is -0.342. The summed E-state index contributed by atoms with van der Waals surface area (Å²) in [6.07, 6.45) is 2.85. The molecule has 0 spiro atoms. The zero-order chi connectivity index (χ0) is 7.68. The van der Waals surface area contributed by atoms with Gasteiger partial charge in [0, 0.05) is 11.2 Å². The summed E-state index contributed by atoms with van der Waals surface area (Å²) in [5.74, 6) is 0. The fourth-order valence-electron chi connectivity index (χ4n) is 0.843. The summed E-state index contributed by atoms with van der Waals surface area (Å²) >= 11 is 0. The van der Waals surface area contributed by atoms with E-state index in [0.29, 0.717) is 15.9 Å². The molecule has 5 heteroatoms. The van der Waals surface area contributed by atoms with Crippen LogP contribution in [0.25, 0.3) is 11.0 Å². The maximum absolute atomic E-state index is 10.9. The minimum absolute atomic E-state index is 0.433. The van der Waals surface area contributed by atoms with E-state index in [2.05, 4.69) is 15.3 Å². The number of aromatic nitrogens is 4. The van der Waals surface area contributed by atoms with Gasteiger partial charge in [-0.15, -0.1) is 5.10 Å². The van der Waals surface area contributed by atoms with Crippen LogP contribution in [0.2, 0.25) is 0 Å². The molecule has 2 aromatic heterocycles. The van der Waals surface area contributed by atoms with Gasteiger partial charge in [0.2, 0.25) is 0 Å². The Morgan fingerprint density at radius 2 is 2.18 bits per heavy atom. The van der Waals surface area contributed by atoms with Crippen LogP contribution >= 0.6 is 0 Å². The van der Waals surface area contributed by atoms with E-state index < -0.39 is 0 Å². The molecule has 2 rings (SSSR count). The van der Waals surface area contributed by atoms with Gasteiger partial charge in [-0.05, 0) is 10.9 Å². The van der Waals surface area contributed by atoms with Gasteiger partial charge in [0.1, 0.15) is 0 Å². The number of hydrogen-bond donors (Lipinski definition) is 0. The molecule has 0 saturated carbocycles. The lowest BCUT2D eigenvalue weighted by Gasteiger charge is -1.93. The molecule has 0 fully saturated rings. The van der Waals surface area contributed by atoms with E-state index in [1.165, 1.54) is 12.4 Å². The van der Waals surface area contributed by atoms with E-state index in [0.717, 1.165) is 0 Å². The molecule has 0 unspecified atom stereocenters. The molecule has 0 aliphatic rings. The van der Waals surface area contributed by atoms with E-state index in [4.69, 9.17) is 0 Å². The van der Waals surface area contributed by atoms with Crippen LogP contribution < -0.4 is 4.85 Å². The van der Waals surface area contributed by atoms with Crippen molar-refractivity contribution in [3.63, 3.8) is 0 Å². The third kappa shape index (κ3) is 0.861. The van der Waals surface area contributed by atoms with Crippen LogP contribution in [0.3, 0.4) is 0 Å². The molecule has 0 bridgehead atoms. The summed E-state index contributed by atoms with van der Waals surface area (Å²) in [6, 6.07) is 3.21. The van der Waals surface area contributed by atoms with E-state index in [1.807, 2.05) is 0 Å². The lowest BCUT2D eigenvalue weighted by Crippen LogP contribution is -2.31. The van der Waals surface area contributed by atoms with Crippen LogP contribution in [0.15, 0.2) is 24.5 Å². The van der Waals surface area contributed by atoms with Crippen LogP contribution in [0.4, 0.5) is 0 Å². The second kappa shape index (κ2) is 2.12. The first kappa shape index (κ1) is 5.96. The average molecular weight is 148 g/mol. The lowest BCUT2D eigenvalue weighted by molar-refractivity contribution is -0.642. The quantitative estimate of drug-likeness (QED) is 0.378. The SMILES string of the molecule is [O-][n+]1nccc2nnccc21. The Balaban J connectivity index is 2.91. The minimum Gasteiger partial charge on any atom is -0.594 e. The van der Waals surface area contributed by atoms with Gasteiger partial charge in [-0.25, -0.2) is 0 Å². The maximum atomic E-state index is 10.9. The molecular formula is C6H4N4O. The van der Waals surface area contributed by atoms with Gasteiger partial charge in [0.05, 0.1) is 12.4 Å². The molecule has 0 aliphatic heterocycles. The van der Waals surface area contributed by atoms with Crippen molar-refractivity contribution >= 4 is 11.0 Å². The van der Waals surface area contributed by atoms with E-state index in [1.54, 1.807) is 12.1 Å². The van der Waals surface area contributed by atoms with Gasteiger partial charge in [-0.2, -0.15) is 5.10 Å². The second-order valence-electron chi connectivity index (χ2n) is 2.01. The standard InChI is InChI=1S/C6H4N4O/c11-10-6-2-3-7-9-5(6)1-4-8-10/h1-4H. The monoisotopic (exact) mass is 148 g/mol. The van der Waals surface area contributed by atoms with Crippen molar-refractivity contribution in [3.8, 4) is 0 Å². The fourth-order valence-corrected chi connectivity index (χ4v) is 0.843. The summed E-state index contributed by atoms with van der Waals surface area (Å²) in [4.78, 5) is 0.518. The summed E-state index contributed by atoms with van der Waals surface area (Å²) < 4.78 is 0. The van der Waals surface area contributed by atoms with Crippen molar-refractivity contribution < 1.29 is 4.85 Å². The lowest BCUT2D eigenvalue weighted by atomic mass is 10.4. The third-order valence-electron chi connectivity index (χ3n) is 1.34. The van der Waals surface area contributed by atoms with Crippen LogP contribution in [-0.4, -0.2) is 15.3 Å². The molecule has 0 amide bonds. The first-order valence-corrected chi connectivity index (χ1v) is 3.04. The van der Waals surface area contributed by atoms with Crippen molar-refractivity contribution in [2.75, 3.05) is 0 Å². The third-order valence-corrected chi connectivity index (χ3v) is 1.34. The van der Waals surface area contributed by atoms with Gasteiger partial charge >= 0.3 is 0 Å². The van der Waals surface area contributed by atoms with E-state index in [9.17, 15) is 5.21 Å². The molecule has 5 nitrogen and oxygen atoms in total. The molecule has 0 N–H and O–H groups in total. The summed E-state index contributed by atoms with van der Waals surface area (Å²) in [5.41, 5.74) is 0.986. The zero-order valence-corrected chi connectivity index (χ0v) is 5.51. The first-order valence-electron chi connectivity index (χ1n) is 3.04. The zero-order valence-electron chi connectivity index (χ0n) is 5.51. The van der Waals surface area contributed by atoms with Crippen LogP contribution in [-0.2, 0) is 0 Å². The molecule has 2 aromatic rings. The molecule has 2 heterocycles. The van der Waals surface area contributed by atoms with Crippen LogP contribution in [0.5, 0.6) is 0 Å². The fraction of sp³-hybridized carbons (Fsp3) is 0. The molecule has 0 saturated heterocycles. The molecule has 11 heavy (non-hydrogen) atoms. The molecule has 0 radical (unpaired) electrons. The van der Waals surface area contributed by atoms with Crippen molar-refractivity contribution in [2.24, 2.45) is 0 Å². The number of rotatable bonds is 0. The minimum atomic E-state index is 0.433. The topological polar surface area (TPSA) is 65.6 Å². The largest absolute Gasteiger partial charge is 0.594 e. The normalized spacial score (nSPS) is 10.2. The summed E-state index contributed by atoms with van der Waals surface area (Å²) in [6.45, 7) is 0.